The highest BCUT2D eigenvalue weighted by Crippen LogP contribution is 2.32. The fraction of sp³-hybridized carbons (Fsp3) is 0.375. The van der Waals surface area contributed by atoms with Crippen LogP contribution >= 0.6 is 11.3 Å². The van der Waals surface area contributed by atoms with E-state index in [0.717, 1.165) is 18.5 Å². The highest BCUT2D eigenvalue weighted by molar-refractivity contribution is 7.10. The van der Waals surface area contributed by atoms with Gasteiger partial charge in [-0.05, 0) is 54.6 Å². The summed E-state index contributed by atoms with van der Waals surface area (Å²) < 4.78 is 18.7. The normalized spacial score (nSPS) is 12.4. The number of ether oxygens (including phenoxy) is 1. The molecule has 0 fully saturated rings. The molecule has 2 aromatic rings. The van der Waals surface area contributed by atoms with Crippen molar-refractivity contribution < 1.29 is 9.13 Å². The zero-order valence-electron chi connectivity index (χ0n) is 12.1. The van der Waals surface area contributed by atoms with Gasteiger partial charge >= 0.3 is 0 Å². The van der Waals surface area contributed by atoms with Crippen LogP contribution in [0.25, 0.3) is 0 Å². The van der Waals surface area contributed by atoms with Crippen LogP contribution in [-0.2, 0) is 0 Å². The van der Waals surface area contributed by atoms with E-state index in [1.54, 1.807) is 17.4 Å². The Labute approximate surface area is 123 Å². The number of benzene rings is 1. The van der Waals surface area contributed by atoms with Crippen LogP contribution in [0.2, 0.25) is 0 Å². The summed E-state index contributed by atoms with van der Waals surface area (Å²) in [6, 6.07) is 7.27. The van der Waals surface area contributed by atoms with Crippen molar-refractivity contribution >= 4 is 11.3 Å². The SMILES string of the molecule is CCCNC(c1ccc(F)c(OC)c1)c1sccc1C. The summed E-state index contributed by atoms with van der Waals surface area (Å²) in [6.07, 6.45) is 1.05. The van der Waals surface area contributed by atoms with Gasteiger partial charge in [0.2, 0.25) is 0 Å². The second kappa shape index (κ2) is 6.86. The number of methoxy groups -OCH3 is 1. The first kappa shape index (κ1) is 15.0. The molecule has 20 heavy (non-hydrogen) atoms. The topological polar surface area (TPSA) is 21.3 Å². The molecule has 1 aromatic heterocycles. The largest absolute Gasteiger partial charge is 0.494 e. The van der Waals surface area contributed by atoms with E-state index in [1.807, 2.05) is 6.07 Å². The number of rotatable bonds is 6. The minimum absolute atomic E-state index is 0.0875. The molecule has 1 heterocycles. The Morgan fingerprint density at radius 3 is 2.75 bits per heavy atom. The van der Waals surface area contributed by atoms with E-state index < -0.39 is 0 Å². The summed E-state index contributed by atoms with van der Waals surface area (Å²) in [5.74, 6) is -0.0339. The van der Waals surface area contributed by atoms with Crippen molar-refractivity contribution in [2.45, 2.75) is 26.3 Å². The molecular formula is C16H20FNOS. The third-order valence-corrected chi connectivity index (χ3v) is 4.35. The van der Waals surface area contributed by atoms with Gasteiger partial charge in [0, 0.05) is 4.88 Å². The molecule has 0 saturated heterocycles. The maximum Gasteiger partial charge on any atom is 0.165 e. The van der Waals surface area contributed by atoms with Gasteiger partial charge in [0.1, 0.15) is 0 Å². The Balaban J connectivity index is 2.38. The molecule has 2 nitrogen and oxygen atoms in total. The highest BCUT2D eigenvalue weighted by Gasteiger charge is 2.18. The molecule has 1 unspecified atom stereocenters. The highest BCUT2D eigenvalue weighted by atomic mass is 32.1. The number of nitrogens with one attached hydrogen (secondary N) is 1. The van der Waals surface area contributed by atoms with Crippen molar-refractivity contribution in [2.75, 3.05) is 13.7 Å². The molecule has 0 aliphatic heterocycles. The molecule has 2 rings (SSSR count). The van der Waals surface area contributed by atoms with Crippen LogP contribution < -0.4 is 10.1 Å². The lowest BCUT2D eigenvalue weighted by atomic mass is 10.0. The van der Waals surface area contributed by atoms with Crippen LogP contribution in [-0.4, -0.2) is 13.7 Å². The summed E-state index contributed by atoms with van der Waals surface area (Å²) in [5, 5.41) is 5.62. The Kier molecular flexibility index (Phi) is 5.15. The molecule has 0 aliphatic carbocycles. The maximum atomic E-state index is 13.6. The minimum atomic E-state index is -0.326. The minimum Gasteiger partial charge on any atom is -0.494 e. The van der Waals surface area contributed by atoms with E-state index in [-0.39, 0.29) is 11.9 Å². The Morgan fingerprint density at radius 1 is 1.35 bits per heavy atom. The standard InChI is InChI=1S/C16H20FNOS/c1-4-8-18-15(16-11(2)7-9-20-16)12-5-6-13(17)14(10-12)19-3/h5-7,9-10,15,18H,4,8H2,1-3H3. The van der Waals surface area contributed by atoms with E-state index in [1.165, 1.54) is 23.6 Å². The molecule has 4 heteroatoms. The maximum absolute atomic E-state index is 13.6. The Bertz CT molecular complexity index is 567. The molecule has 0 aliphatic rings. The zero-order chi connectivity index (χ0) is 14.5. The molecule has 1 aromatic carbocycles. The Morgan fingerprint density at radius 2 is 2.15 bits per heavy atom. The van der Waals surface area contributed by atoms with Crippen LogP contribution in [0.3, 0.4) is 0 Å². The lowest BCUT2D eigenvalue weighted by Gasteiger charge is -2.19. The Hall–Kier alpha value is -1.39. The van der Waals surface area contributed by atoms with E-state index in [4.69, 9.17) is 4.74 Å². The predicted molar refractivity (Wildman–Crippen MR) is 82.1 cm³/mol. The van der Waals surface area contributed by atoms with Gasteiger partial charge in [-0.3, -0.25) is 0 Å². The molecule has 108 valence electrons. The van der Waals surface area contributed by atoms with Gasteiger partial charge in [-0.2, -0.15) is 0 Å². The van der Waals surface area contributed by atoms with Crippen molar-refractivity contribution in [1.82, 2.24) is 5.32 Å². The van der Waals surface area contributed by atoms with Crippen LogP contribution in [0.1, 0.15) is 35.4 Å². The second-order valence-electron chi connectivity index (χ2n) is 4.75. The number of hydrogen-bond donors (Lipinski definition) is 1. The number of hydrogen-bond acceptors (Lipinski definition) is 3. The average molecular weight is 293 g/mol. The van der Waals surface area contributed by atoms with E-state index in [0.29, 0.717) is 5.75 Å². The summed E-state index contributed by atoms with van der Waals surface area (Å²) in [4.78, 5) is 1.27. The quantitative estimate of drug-likeness (QED) is 0.857. The number of aryl methyl sites for hydroxylation is 1. The smallest absolute Gasteiger partial charge is 0.165 e. The zero-order valence-corrected chi connectivity index (χ0v) is 12.9. The molecule has 1 atom stereocenters. The molecule has 0 bridgehead atoms. The van der Waals surface area contributed by atoms with Crippen LogP contribution in [0.5, 0.6) is 5.75 Å². The summed E-state index contributed by atoms with van der Waals surface area (Å²) in [5.41, 5.74) is 2.29. The van der Waals surface area contributed by atoms with Gasteiger partial charge < -0.3 is 10.1 Å². The van der Waals surface area contributed by atoms with Crippen LogP contribution in [0, 0.1) is 12.7 Å². The van der Waals surface area contributed by atoms with Crippen molar-refractivity contribution in [3.63, 3.8) is 0 Å². The van der Waals surface area contributed by atoms with E-state index in [9.17, 15) is 4.39 Å². The van der Waals surface area contributed by atoms with Crippen molar-refractivity contribution in [3.8, 4) is 5.75 Å². The fourth-order valence-electron chi connectivity index (χ4n) is 2.19. The first-order valence-corrected chi connectivity index (χ1v) is 7.66. The van der Waals surface area contributed by atoms with Gasteiger partial charge in [-0.25, -0.2) is 4.39 Å². The van der Waals surface area contributed by atoms with Crippen molar-refractivity contribution in [1.29, 1.82) is 0 Å². The molecule has 0 spiro atoms. The van der Waals surface area contributed by atoms with Gasteiger partial charge in [-0.1, -0.05) is 13.0 Å². The molecule has 0 radical (unpaired) electrons. The van der Waals surface area contributed by atoms with E-state index in [2.05, 4.69) is 30.6 Å². The van der Waals surface area contributed by atoms with Gasteiger partial charge in [0.05, 0.1) is 13.2 Å². The number of halogens is 1. The summed E-state index contributed by atoms with van der Waals surface area (Å²) in [6.45, 7) is 5.16. The predicted octanol–water partition coefficient (Wildman–Crippen LogP) is 4.29. The molecule has 1 N–H and O–H groups in total. The van der Waals surface area contributed by atoms with Crippen molar-refractivity contribution in [2.24, 2.45) is 0 Å². The van der Waals surface area contributed by atoms with Crippen molar-refractivity contribution in [3.05, 3.63) is 51.5 Å². The summed E-state index contributed by atoms with van der Waals surface area (Å²) in [7, 11) is 1.49. The monoisotopic (exact) mass is 293 g/mol. The van der Waals surface area contributed by atoms with Gasteiger partial charge in [0.15, 0.2) is 11.6 Å². The molecule has 0 amide bonds. The van der Waals surface area contributed by atoms with Gasteiger partial charge in [-0.15, -0.1) is 11.3 Å². The fourth-order valence-corrected chi connectivity index (χ4v) is 3.21. The lowest BCUT2D eigenvalue weighted by molar-refractivity contribution is 0.385. The lowest BCUT2D eigenvalue weighted by Crippen LogP contribution is -2.23. The third kappa shape index (κ3) is 3.19. The van der Waals surface area contributed by atoms with Crippen LogP contribution in [0.4, 0.5) is 4.39 Å². The summed E-state index contributed by atoms with van der Waals surface area (Å²) >= 11 is 1.72. The average Bonchev–Trinajstić information content (AvgIpc) is 2.87. The van der Waals surface area contributed by atoms with Gasteiger partial charge in [0.25, 0.3) is 0 Å². The molecular weight excluding hydrogens is 273 g/mol. The first-order valence-electron chi connectivity index (χ1n) is 6.78. The second-order valence-corrected chi connectivity index (χ2v) is 5.70. The third-order valence-electron chi connectivity index (χ3n) is 3.27. The first-order chi connectivity index (χ1) is 9.67. The van der Waals surface area contributed by atoms with Crippen LogP contribution in [0.15, 0.2) is 29.6 Å². The molecule has 0 saturated carbocycles. The van der Waals surface area contributed by atoms with E-state index >= 15 is 0 Å². The number of thiophene rings is 1.